The highest BCUT2D eigenvalue weighted by atomic mass is 19.3. The summed E-state index contributed by atoms with van der Waals surface area (Å²) in [5, 5.41) is 0. The molecule has 90 valence electrons. The first kappa shape index (κ1) is 12.8. The van der Waals surface area contributed by atoms with Crippen molar-refractivity contribution in [1.29, 1.82) is 0 Å². The molecular formula is C11H17F2N3. The lowest BCUT2D eigenvalue weighted by atomic mass is 9.95. The Bertz CT molecular complexity index is 334. The van der Waals surface area contributed by atoms with E-state index < -0.39 is 12.0 Å². The van der Waals surface area contributed by atoms with Crippen LogP contribution in [0.1, 0.15) is 12.5 Å². The zero-order valence-corrected chi connectivity index (χ0v) is 9.74. The second kappa shape index (κ2) is 4.74. The van der Waals surface area contributed by atoms with Crippen LogP contribution in [-0.4, -0.2) is 31.0 Å². The molecule has 0 spiro atoms. The first-order valence-electron chi connectivity index (χ1n) is 5.02. The van der Waals surface area contributed by atoms with Gasteiger partial charge in [0.05, 0.1) is 5.54 Å². The third-order valence-electron chi connectivity index (χ3n) is 2.35. The summed E-state index contributed by atoms with van der Waals surface area (Å²) in [4.78, 5) is 5.99. The van der Waals surface area contributed by atoms with Crippen LogP contribution >= 0.6 is 0 Å². The molecule has 0 bridgehead atoms. The lowest BCUT2D eigenvalue weighted by Crippen LogP contribution is -2.45. The molecule has 1 atom stereocenters. The Kier molecular flexibility index (Phi) is 3.80. The van der Waals surface area contributed by atoms with Crippen molar-refractivity contribution in [3.63, 3.8) is 0 Å². The van der Waals surface area contributed by atoms with Gasteiger partial charge in [0.2, 0.25) is 0 Å². The predicted octanol–water partition coefficient (Wildman–Crippen LogP) is 1.67. The van der Waals surface area contributed by atoms with Crippen molar-refractivity contribution in [2.75, 3.05) is 19.0 Å². The Balaban J connectivity index is 2.76. The van der Waals surface area contributed by atoms with Crippen LogP contribution in [0.25, 0.3) is 0 Å². The molecule has 0 saturated carbocycles. The van der Waals surface area contributed by atoms with E-state index in [0.717, 1.165) is 11.4 Å². The van der Waals surface area contributed by atoms with Gasteiger partial charge in [0.25, 0.3) is 6.43 Å². The zero-order chi connectivity index (χ0) is 12.3. The van der Waals surface area contributed by atoms with Gasteiger partial charge in [0.15, 0.2) is 0 Å². The second-order valence-electron chi connectivity index (χ2n) is 4.40. The highest BCUT2D eigenvalue weighted by molar-refractivity contribution is 5.37. The highest BCUT2D eigenvalue weighted by Crippen LogP contribution is 2.18. The first-order valence-corrected chi connectivity index (χ1v) is 5.02. The molecule has 0 fully saturated rings. The van der Waals surface area contributed by atoms with Crippen molar-refractivity contribution < 1.29 is 8.78 Å². The Labute approximate surface area is 94.3 Å². The summed E-state index contributed by atoms with van der Waals surface area (Å²) in [6.07, 6.45) is -0.838. The smallest absolute Gasteiger partial charge is 0.256 e. The molecule has 0 radical (unpaired) electrons. The molecule has 0 aromatic carbocycles. The number of nitrogens with two attached hydrogens (primary N) is 1. The minimum Gasteiger partial charge on any atom is -0.363 e. The molecule has 0 saturated heterocycles. The molecule has 0 aliphatic heterocycles. The number of halogens is 2. The Hall–Kier alpha value is -1.23. The monoisotopic (exact) mass is 229 g/mol. The Morgan fingerprint density at radius 3 is 2.44 bits per heavy atom. The molecule has 3 nitrogen and oxygen atoms in total. The van der Waals surface area contributed by atoms with Gasteiger partial charge in [-0.2, -0.15) is 0 Å². The van der Waals surface area contributed by atoms with Crippen LogP contribution < -0.4 is 10.6 Å². The number of hydrogen-bond donors (Lipinski definition) is 1. The molecule has 0 aliphatic carbocycles. The summed E-state index contributed by atoms with van der Waals surface area (Å²) in [7, 11) is 3.74. The van der Waals surface area contributed by atoms with E-state index in [1.54, 1.807) is 18.3 Å². The number of rotatable bonds is 4. The van der Waals surface area contributed by atoms with Gasteiger partial charge >= 0.3 is 0 Å². The number of aromatic nitrogens is 1. The Morgan fingerprint density at radius 1 is 1.44 bits per heavy atom. The van der Waals surface area contributed by atoms with Gasteiger partial charge in [0.1, 0.15) is 5.82 Å². The third-order valence-corrected chi connectivity index (χ3v) is 2.35. The topological polar surface area (TPSA) is 42.1 Å². The van der Waals surface area contributed by atoms with Crippen LogP contribution in [0, 0.1) is 0 Å². The minimum absolute atomic E-state index is 0.116. The van der Waals surface area contributed by atoms with Crippen molar-refractivity contribution in [2.45, 2.75) is 25.3 Å². The van der Waals surface area contributed by atoms with Crippen molar-refractivity contribution in [3.8, 4) is 0 Å². The van der Waals surface area contributed by atoms with E-state index in [9.17, 15) is 8.78 Å². The Morgan fingerprint density at radius 2 is 2.06 bits per heavy atom. The molecule has 0 aliphatic rings. The molecule has 2 N–H and O–H groups in total. The van der Waals surface area contributed by atoms with Gasteiger partial charge in [0, 0.05) is 20.3 Å². The fourth-order valence-electron chi connectivity index (χ4n) is 1.30. The van der Waals surface area contributed by atoms with Gasteiger partial charge in [-0.25, -0.2) is 13.8 Å². The van der Waals surface area contributed by atoms with E-state index in [0.29, 0.717) is 0 Å². The quantitative estimate of drug-likeness (QED) is 0.854. The average Bonchev–Trinajstić information content (AvgIpc) is 2.17. The van der Waals surface area contributed by atoms with Crippen LogP contribution in [0.3, 0.4) is 0 Å². The summed E-state index contributed by atoms with van der Waals surface area (Å²) < 4.78 is 25.1. The molecule has 1 unspecified atom stereocenters. The van der Waals surface area contributed by atoms with Gasteiger partial charge < -0.3 is 10.6 Å². The fraction of sp³-hybridized carbons (Fsp3) is 0.545. The number of alkyl halides is 2. The highest BCUT2D eigenvalue weighted by Gasteiger charge is 2.30. The van der Waals surface area contributed by atoms with E-state index in [-0.39, 0.29) is 6.42 Å². The van der Waals surface area contributed by atoms with Crippen LogP contribution in [0.4, 0.5) is 14.6 Å². The molecule has 0 amide bonds. The molecule has 5 heteroatoms. The van der Waals surface area contributed by atoms with E-state index in [1.165, 1.54) is 6.92 Å². The number of nitrogens with zero attached hydrogens (tertiary/aromatic N) is 2. The normalized spacial score (nSPS) is 14.9. The maximum atomic E-state index is 12.6. The summed E-state index contributed by atoms with van der Waals surface area (Å²) in [6, 6.07) is 3.56. The predicted molar refractivity (Wildman–Crippen MR) is 60.9 cm³/mol. The molecule has 1 rings (SSSR count). The zero-order valence-electron chi connectivity index (χ0n) is 9.74. The van der Waals surface area contributed by atoms with Crippen molar-refractivity contribution in [3.05, 3.63) is 23.9 Å². The second-order valence-corrected chi connectivity index (χ2v) is 4.40. The van der Waals surface area contributed by atoms with E-state index in [1.807, 2.05) is 19.0 Å². The largest absolute Gasteiger partial charge is 0.363 e. The van der Waals surface area contributed by atoms with Crippen LogP contribution in [0.5, 0.6) is 0 Å². The summed E-state index contributed by atoms with van der Waals surface area (Å²) in [5.74, 6) is 0.791. The van der Waals surface area contributed by atoms with Crippen molar-refractivity contribution in [2.24, 2.45) is 5.73 Å². The first-order chi connectivity index (χ1) is 7.33. The maximum Gasteiger partial charge on any atom is 0.256 e. The fourth-order valence-corrected chi connectivity index (χ4v) is 1.30. The van der Waals surface area contributed by atoms with Gasteiger partial charge in [-0.1, -0.05) is 6.07 Å². The molecule has 16 heavy (non-hydrogen) atoms. The third kappa shape index (κ3) is 3.13. The van der Waals surface area contributed by atoms with Gasteiger partial charge in [-0.05, 0) is 25.0 Å². The average molecular weight is 229 g/mol. The summed E-state index contributed by atoms with van der Waals surface area (Å²) in [5.41, 5.74) is 4.72. The van der Waals surface area contributed by atoms with E-state index in [2.05, 4.69) is 4.98 Å². The lowest BCUT2D eigenvalue weighted by Gasteiger charge is -2.23. The summed E-state index contributed by atoms with van der Waals surface area (Å²) >= 11 is 0. The summed E-state index contributed by atoms with van der Waals surface area (Å²) in [6.45, 7) is 1.34. The lowest BCUT2D eigenvalue weighted by molar-refractivity contribution is 0.0639. The molecule has 1 heterocycles. The number of hydrogen-bond acceptors (Lipinski definition) is 3. The standard InChI is InChI=1S/C11H17F2N3/c1-11(14,10(12)13)6-8-4-5-9(15-7-8)16(2)3/h4-5,7,10H,6,14H2,1-3H3. The number of pyridine rings is 1. The maximum absolute atomic E-state index is 12.6. The van der Waals surface area contributed by atoms with Gasteiger partial charge in [-0.15, -0.1) is 0 Å². The minimum atomic E-state index is -2.54. The van der Waals surface area contributed by atoms with Crippen LogP contribution in [0.15, 0.2) is 18.3 Å². The molecule has 1 aromatic rings. The van der Waals surface area contributed by atoms with E-state index in [4.69, 9.17) is 5.73 Å². The van der Waals surface area contributed by atoms with Crippen LogP contribution in [-0.2, 0) is 6.42 Å². The van der Waals surface area contributed by atoms with Gasteiger partial charge in [-0.3, -0.25) is 0 Å². The van der Waals surface area contributed by atoms with Crippen molar-refractivity contribution in [1.82, 2.24) is 4.98 Å². The van der Waals surface area contributed by atoms with E-state index >= 15 is 0 Å². The van der Waals surface area contributed by atoms with Crippen molar-refractivity contribution >= 4 is 5.82 Å². The number of anilines is 1. The molecule has 1 aromatic heterocycles. The SMILES string of the molecule is CN(C)c1ccc(CC(C)(N)C(F)F)cn1. The van der Waals surface area contributed by atoms with Crippen LogP contribution in [0.2, 0.25) is 0 Å². The molecular weight excluding hydrogens is 212 g/mol.